The van der Waals surface area contributed by atoms with Gasteiger partial charge in [-0.3, -0.25) is 14.3 Å². The van der Waals surface area contributed by atoms with Crippen molar-refractivity contribution in [2.75, 3.05) is 19.6 Å². The summed E-state index contributed by atoms with van der Waals surface area (Å²) in [7, 11) is 0. The molecule has 0 spiro atoms. The van der Waals surface area contributed by atoms with Gasteiger partial charge >= 0.3 is 0 Å². The van der Waals surface area contributed by atoms with Crippen LogP contribution in [0, 0.1) is 26.7 Å². The van der Waals surface area contributed by atoms with Gasteiger partial charge in [-0.15, -0.1) is 0 Å². The molecule has 3 aromatic rings. The van der Waals surface area contributed by atoms with Gasteiger partial charge in [0.2, 0.25) is 5.91 Å². The summed E-state index contributed by atoms with van der Waals surface area (Å²) in [5.74, 6) is 1.07. The molecule has 1 fully saturated rings. The van der Waals surface area contributed by atoms with Crippen LogP contribution in [0.5, 0.6) is 0 Å². The first-order valence-electron chi connectivity index (χ1n) is 10.9. The van der Waals surface area contributed by atoms with Crippen LogP contribution in [0.2, 0.25) is 0 Å². The summed E-state index contributed by atoms with van der Waals surface area (Å²) in [6.07, 6.45) is 2.33. The van der Waals surface area contributed by atoms with Crippen molar-refractivity contribution < 1.29 is 9.59 Å². The second-order valence-corrected chi connectivity index (χ2v) is 8.52. The molecule has 0 aliphatic carbocycles. The normalized spacial score (nSPS) is 16.6. The Labute approximate surface area is 182 Å². The van der Waals surface area contributed by atoms with Gasteiger partial charge in [-0.1, -0.05) is 0 Å². The van der Waals surface area contributed by atoms with E-state index in [-0.39, 0.29) is 17.7 Å². The van der Waals surface area contributed by atoms with Gasteiger partial charge in [-0.25, -0.2) is 4.98 Å². The smallest absolute Gasteiger partial charge is 0.253 e. The molecule has 1 aromatic carbocycles. The molecule has 8 heteroatoms. The van der Waals surface area contributed by atoms with Crippen molar-refractivity contribution in [3.63, 3.8) is 0 Å². The van der Waals surface area contributed by atoms with Gasteiger partial charge in [0.1, 0.15) is 5.82 Å². The molecule has 0 unspecified atom stereocenters. The Morgan fingerprint density at radius 1 is 1.23 bits per heavy atom. The Morgan fingerprint density at radius 2 is 2.06 bits per heavy atom. The summed E-state index contributed by atoms with van der Waals surface area (Å²) in [4.78, 5) is 34.9. The molecule has 1 saturated heterocycles. The Morgan fingerprint density at radius 3 is 2.84 bits per heavy atom. The molecule has 0 bridgehead atoms. The highest BCUT2D eigenvalue weighted by atomic mass is 16.2. The number of likely N-dealkylation sites (tertiary alicyclic amines) is 1. The van der Waals surface area contributed by atoms with E-state index in [2.05, 4.69) is 20.4 Å². The molecule has 4 rings (SSSR count). The van der Waals surface area contributed by atoms with Crippen molar-refractivity contribution in [2.24, 2.45) is 5.92 Å². The molecule has 0 saturated carbocycles. The second-order valence-electron chi connectivity index (χ2n) is 8.52. The molecule has 1 aliphatic rings. The molecule has 164 valence electrons. The Hall–Kier alpha value is -3.16. The lowest BCUT2D eigenvalue weighted by Gasteiger charge is -2.32. The van der Waals surface area contributed by atoms with Crippen molar-refractivity contribution in [1.29, 1.82) is 0 Å². The van der Waals surface area contributed by atoms with E-state index in [0.29, 0.717) is 31.6 Å². The third kappa shape index (κ3) is 4.95. The molecule has 3 heterocycles. The molecule has 1 atom stereocenters. The van der Waals surface area contributed by atoms with Gasteiger partial charge in [-0.2, -0.15) is 5.10 Å². The number of rotatable bonds is 6. The number of imidazole rings is 1. The third-order valence-electron chi connectivity index (χ3n) is 5.88. The Bertz CT molecular complexity index is 1100. The number of aryl methyl sites for hydroxylation is 3. The highest BCUT2D eigenvalue weighted by Gasteiger charge is 2.26. The maximum atomic E-state index is 13.0. The average Bonchev–Trinajstić information content (AvgIpc) is 3.26. The topological polar surface area (TPSA) is 95.9 Å². The lowest BCUT2D eigenvalue weighted by atomic mass is 9.94. The van der Waals surface area contributed by atoms with Crippen molar-refractivity contribution in [3.05, 3.63) is 47.0 Å². The van der Waals surface area contributed by atoms with E-state index in [1.54, 1.807) is 0 Å². The lowest BCUT2D eigenvalue weighted by Crippen LogP contribution is -2.41. The summed E-state index contributed by atoms with van der Waals surface area (Å²) in [5, 5.41) is 7.41. The summed E-state index contributed by atoms with van der Waals surface area (Å²) in [6.45, 7) is 8.45. The zero-order valence-corrected chi connectivity index (χ0v) is 18.4. The number of nitrogens with one attached hydrogen (secondary N) is 2. The number of aromatic amines is 1. The number of nitrogens with zero attached hydrogens (tertiary/aromatic N) is 4. The summed E-state index contributed by atoms with van der Waals surface area (Å²) >= 11 is 0. The predicted octanol–water partition coefficient (Wildman–Crippen LogP) is 2.74. The minimum atomic E-state index is 0.0174. The van der Waals surface area contributed by atoms with E-state index >= 15 is 0 Å². The van der Waals surface area contributed by atoms with Crippen LogP contribution >= 0.6 is 0 Å². The maximum Gasteiger partial charge on any atom is 0.253 e. The van der Waals surface area contributed by atoms with Crippen molar-refractivity contribution in [3.8, 4) is 0 Å². The van der Waals surface area contributed by atoms with E-state index in [9.17, 15) is 9.59 Å². The fraction of sp³-hybridized carbons (Fsp3) is 0.478. The van der Waals surface area contributed by atoms with Crippen LogP contribution < -0.4 is 5.32 Å². The van der Waals surface area contributed by atoms with Crippen LogP contribution in [0.4, 0.5) is 0 Å². The standard InChI is InChI=1S/C23H30N6O2/c1-15-11-16(2)29(27-15)10-8-24-22(30)12-18-5-4-9-28(14-18)23(31)19-6-7-20-21(13-19)26-17(3)25-20/h6-7,11,13,18H,4-5,8-10,12,14H2,1-3H3,(H,24,30)(H,25,26)/t18-/m1/s1. The largest absolute Gasteiger partial charge is 0.354 e. The van der Waals surface area contributed by atoms with Crippen LogP contribution in [-0.4, -0.2) is 56.1 Å². The first-order chi connectivity index (χ1) is 14.9. The molecular weight excluding hydrogens is 392 g/mol. The molecule has 2 aromatic heterocycles. The Kier molecular flexibility index (Phi) is 6.06. The molecule has 1 aliphatic heterocycles. The van der Waals surface area contributed by atoms with E-state index in [1.807, 2.05) is 54.6 Å². The van der Waals surface area contributed by atoms with Gasteiger partial charge < -0.3 is 15.2 Å². The first-order valence-corrected chi connectivity index (χ1v) is 10.9. The highest BCUT2D eigenvalue weighted by Crippen LogP contribution is 2.22. The van der Waals surface area contributed by atoms with E-state index in [1.165, 1.54) is 0 Å². The number of aromatic nitrogens is 4. The molecular formula is C23H30N6O2. The fourth-order valence-electron chi connectivity index (χ4n) is 4.41. The number of H-pyrrole nitrogens is 1. The van der Waals surface area contributed by atoms with Crippen LogP contribution in [0.1, 0.15) is 46.8 Å². The fourth-order valence-corrected chi connectivity index (χ4v) is 4.41. The summed E-state index contributed by atoms with van der Waals surface area (Å²) < 4.78 is 1.91. The van der Waals surface area contributed by atoms with E-state index in [4.69, 9.17) is 0 Å². The zero-order chi connectivity index (χ0) is 22.0. The number of carbonyl (C=O) groups excluding carboxylic acids is 2. The summed E-state index contributed by atoms with van der Waals surface area (Å²) in [5.41, 5.74) is 4.47. The lowest BCUT2D eigenvalue weighted by molar-refractivity contribution is -0.122. The van der Waals surface area contributed by atoms with Gasteiger partial charge in [0.05, 0.1) is 23.3 Å². The van der Waals surface area contributed by atoms with Gasteiger partial charge in [-0.05, 0) is 63.8 Å². The monoisotopic (exact) mass is 422 g/mol. The van der Waals surface area contributed by atoms with Crippen LogP contribution in [0.15, 0.2) is 24.3 Å². The van der Waals surface area contributed by atoms with Crippen LogP contribution in [-0.2, 0) is 11.3 Å². The van der Waals surface area contributed by atoms with E-state index in [0.717, 1.165) is 47.6 Å². The predicted molar refractivity (Wildman–Crippen MR) is 119 cm³/mol. The number of amides is 2. The zero-order valence-electron chi connectivity index (χ0n) is 18.4. The quantitative estimate of drug-likeness (QED) is 0.638. The van der Waals surface area contributed by atoms with Crippen molar-refractivity contribution in [1.82, 2.24) is 30.0 Å². The third-order valence-corrected chi connectivity index (χ3v) is 5.88. The number of benzene rings is 1. The number of carbonyl (C=O) groups is 2. The van der Waals surface area contributed by atoms with Gasteiger partial charge in [0, 0.05) is 37.3 Å². The van der Waals surface area contributed by atoms with Crippen molar-refractivity contribution >= 4 is 22.8 Å². The van der Waals surface area contributed by atoms with Gasteiger partial charge in [0.25, 0.3) is 5.91 Å². The number of hydrogen-bond acceptors (Lipinski definition) is 4. The molecule has 2 N–H and O–H groups in total. The summed E-state index contributed by atoms with van der Waals surface area (Å²) in [6, 6.07) is 7.61. The highest BCUT2D eigenvalue weighted by molar-refractivity contribution is 5.97. The average molecular weight is 423 g/mol. The van der Waals surface area contributed by atoms with Crippen LogP contribution in [0.3, 0.4) is 0 Å². The SMILES string of the molecule is Cc1cc(C)n(CCNC(=O)C[C@H]2CCCN(C(=O)c3ccc4nc(C)[nH]c4c3)C2)n1. The van der Waals surface area contributed by atoms with Gasteiger partial charge in [0.15, 0.2) is 0 Å². The number of fused-ring (bicyclic) bond motifs is 1. The molecule has 31 heavy (non-hydrogen) atoms. The first kappa shape index (κ1) is 21.1. The molecule has 8 nitrogen and oxygen atoms in total. The minimum Gasteiger partial charge on any atom is -0.354 e. The second kappa shape index (κ2) is 8.91. The van der Waals surface area contributed by atoms with Crippen molar-refractivity contribution in [2.45, 2.75) is 46.6 Å². The number of piperidine rings is 1. The molecule has 0 radical (unpaired) electrons. The number of hydrogen-bond donors (Lipinski definition) is 2. The Balaban J connectivity index is 1.29. The minimum absolute atomic E-state index is 0.0174. The maximum absolute atomic E-state index is 13.0. The van der Waals surface area contributed by atoms with E-state index < -0.39 is 0 Å². The van der Waals surface area contributed by atoms with Crippen LogP contribution in [0.25, 0.3) is 11.0 Å². The molecule has 2 amide bonds.